The number of likely N-dealkylation sites (tertiary alicyclic amines) is 1. The topological polar surface area (TPSA) is 54.5 Å². The maximum atomic E-state index is 11.3. The summed E-state index contributed by atoms with van der Waals surface area (Å²) >= 11 is 1.61. The van der Waals surface area contributed by atoms with Crippen LogP contribution in [-0.2, 0) is 16.0 Å². The van der Waals surface area contributed by atoms with Crippen molar-refractivity contribution in [3.63, 3.8) is 0 Å². The Hall–Kier alpha value is -1.14. The van der Waals surface area contributed by atoms with Crippen LogP contribution in [0.1, 0.15) is 38.8 Å². The highest BCUT2D eigenvalue weighted by Crippen LogP contribution is 2.18. The molecule has 0 aromatic carbocycles. The van der Waals surface area contributed by atoms with E-state index >= 15 is 0 Å². The third-order valence-corrected chi connectivity index (χ3v) is 4.60. The normalized spacial score (nSPS) is 16.9. The predicted octanol–water partition coefficient (Wildman–Crippen LogP) is 2.54. The SMILES string of the molecule is CCOC(=O)CCc1csc(NCC(C)N2CCCC2)n1. The number of aryl methyl sites for hydroxylation is 1. The molecule has 2 rings (SSSR count). The number of hydrogen-bond donors (Lipinski definition) is 1. The fourth-order valence-electron chi connectivity index (χ4n) is 2.51. The van der Waals surface area contributed by atoms with E-state index in [2.05, 4.69) is 22.1 Å². The minimum Gasteiger partial charge on any atom is -0.466 e. The zero-order chi connectivity index (χ0) is 15.1. The quantitative estimate of drug-likeness (QED) is 0.748. The monoisotopic (exact) mass is 311 g/mol. The molecule has 1 fully saturated rings. The van der Waals surface area contributed by atoms with Crippen LogP contribution in [0.4, 0.5) is 5.13 Å². The molecule has 1 aromatic heterocycles. The van der Waals surface area contributed by atoms with Crippen molar-refractivity contribution in [1.29, 1.82) is 0 Å². The molecule has 1 atom stereocenters. The van der Waals surface area contributed by atoms with Crippen molar-refractivity contribution in [2.24, 2.45) is 0 Å². The number of hydrogen-bond acceptors (Lipinski definition) is 6. The highest BCUT2D eigenvalue weighted by atomic mass is 32.1. The summed E-state index contributed by atoms with van der Waals surface area (Å²) in [6.45, 7) is 7.87. The lowest BCUT2D eigenvalue weighted by atomic mass is 10.2. The first-order valence-electron chi connectivity index (χ1n) is 7.77. The molecule has 0 amide bonds. The van der Waals surface area contributed by atoms with E-state index in [0.29, 0.717) is 25.5 Å². The molecule has 0 saturated carbocycles. The van der Waals surface area contributed by atoms with Crippen molar-refractivity contribution in [2.75, 3.05) is 31.6 Å². The summed E-state index contributed by atoms with van der Waals surface area (Å²) in [6.07, 6.45) is 3.69. The van der Waals surface area contributed by atoms with Gasteiger partial charge in [-0.15, -0.1) is 11.3 Å². The lowest BCUT2D eigenvalue weighted by molar-refractivity contribution is -0.143. The first-order valence-corrected chi connectivity index (χ1v) is 8.65. The standard InChI is InChI=1S/C15H25N3O2S/c1-3-20-14(19)7-6-13-11-21-15(17-13)16-10-12(2)18-8-4-5-9-18/h11-12H,3-10H2,1-2H3,(H,16,17). The molecule has 1 aliphatic rings. The summed E-state index contributed by atoms with van der Waals surface area (Å²) in [7, 11) is 0. The largest absolute Gasteiger partial charge is 0.466 e. The van der Waals surface area contributed by atoms with Crippen LogP contribution in [0.25, 0.3) is 0 Å². The number of aromatic nitrogens is 1. The first kappa shape index (κ1) is 16.2. The van der Waals surface area contributed by atoms with E-state index < -0.39 is 0 Å². The first-order chi connectivity index (χ1) is 10.2. The Morgan fingerprint density at radius 2 is 2.29 bits per heavy atom. The Balaban J connectivity index is 1.71. The zero-order valence-corrected chi connectivity index (χ0v) is 13.7. The average Bonchev–Trinajstić information content (AvgIpc) is 3.14. The summed E-state index contributed by atoms with van der Waals surface area (Å²) in [5.41, 5.74) is 0.962. The maximum Gasteiger partial charge on any atom is 0.306 e. The zero-order valence-electron chi connectivity index (χ0n) is 12.9. The lowest BCUT2D eigenvalue weighted by Gasteiger charge is -2.23. The van der Waals surface area contributed by atoms with Crippen LogP contribution in [-0.4, -0.2) is 48.1 Å². The number of rotatable bonds is 8. The van der Waals surface area contributed by atoms with Gasteiger partial charge in [-0.25, -0.2) is 4.98 Å². The Labute approximate surface area is 130 Å². The van der Waals surface area contributed by atoms with Crippen molar-refractivity contribution in [3.8, 4) is 0 Å². The Bertz CT molecular complexity index is 444. The molecular formula is C15H25N3O2S. The Morgan fingerprint density at radius 1 is 1.52 bits per heavy atom. The van der Waals surface area contributed by atoms with Gasteiger partial charge in [0.15, 0.2) is 5.13 Å². The molecule has 1 aromatic rings. The van der Waals surface area contributed by atoms with Gasteiger partial charge < -0.3 is 10.1 Å². The van der Waals surface area contributed by atoms with E-state index in [4.69, 9.17) is 4.74 Å². The Morgan fingerprint density at radius 3 is 3.00 bits per heavy atom. The third kappa shape index (κ3) is 5.28. The minimum atomic E-state index is -0.150. The number of carbonyl (C=O) groups is 1. The second-order valence-electron chi connectivity index (χ2n) is 5.42. The molecule has 1 N–H and O–H groups in total. The van der Waals surface area contributed by atoms with Crippen LogP contribution < -0.4 is 5.32 Å². The minimum absolute atomic E-state index is 0.150. The van der Waals surface area contributed by atoms with E-state index in [1.165, 1.54) is 25.9 Å². The summed E-state index contributed by atoms with van der Waals surface area (Å²) < 4.78 is 4.92. The number of carbonyl (C=O) groups excluding carboxylic acids is 1. The number of esters is 1. The summed E-state index contributed by atoms with van der Waals surface area (Å²) in [4.78, 5) is 18.4. The maximum absolute atomic E-state index is 11.3. The van der Waals surface area contributed by atoms with Gasteiger partial charge in [0.05, 0.1) is 18.7 Å². The molecule has 2 heterocycles. The second kappa shape index (κ2) is 8.34. The van der Waals surface area contributed by atoms with Crippen LogP contribution >= 0.6 is 11.3 Å². The average molecular weight is 311 g/mol. The van der Waals surface area contributed by atoms with Crippen LogP contribution in [0.5, 0.6) is 0 Å². The number of ether oxygens (including phenoxy) is 1. The number of anilines is 1. The highest BCUT2D eigenvalue weighted by molar-refractivity contribution is 7.13. The van der Waals surface area contributed by atoms with Crippen molar-refractivity contribution in [2.45, 2.75) is 45.6 Å². The van der Waals surface area contributed by atoms with Gasteiger partial charge in [0.1, 0.15) is 0 Å². The highest BCUT2D eigenvalue weighted by Gasteiger charge is 2.17. The van der Waals surface area contributed by atoms with Gasteiger partial charge in [-0.1, -0.05) is 0 Å². The predicted molar refractivity (Wildman–Crippen MR) is 85.8 cm³/mol. The van der Waals surface area contributed by atoms with Gasteiger partial charge in [-0.05, 0) is 39.8 Å². The summed E-state index contributed by atoms with van der Waals surface area (Å²) in [5, 5.41) is 6.36. The van der Waals surface area contributed by atoms with E-state index in [0.717, 1.165) is 17.4 Å². The van der Waals surface area contributed by atoms with Crippen molar-refractivity contribution < 1.29 is 9.53 Å². The molecule has 0 radical (unpaired) electrons. The van der Waals surface area contributed by atoms with Crippen molar-refractivity contribution in [1.82, 2.24) is 9.88 Å². The van der Waals surface area contributed by atoms with Gasteiger partial charge in [0, 0.05) is 24.4 Å². The fourth-order valence-corrected chi connectivity index (χ4v) is 3.27. The Kier molecular flexibility index (Phi) is 6.45. The molecule has 1 saturated heterocycles. The molecule has 1 aliphatic heterocycles. The smallest absolute Gasteiger partial charge is 0.306 e. The van der Waals surface area contributed by atoms with Crippen LogP contribution in [0.2, 0.25) is 0 Å². The fraction of sp³-hybridized carbons (Fsp3) is 0.733. The molecule has 0 bridgehead atoms. The van der Waals surface area contributed by atoms with Crippen LogP contribution in [0.15, 0.2) is 5.38 Å². The number of thiazole rings is 1. The molecule has 21 heavy (non-hydrogen) atoms. The van der Waals surface area contributed by atoms with Crippen LogP contribution in [0, 0.1) is 0 Å². The van der Waals surface area contributed by atoms with Gasteiger partial charge in [0.25, 0.3) is 0 Å². The molecule has 0 spiro atoms. The molecule has 5 nitrogen and oxygen atoms in total. The van der Waals surface area contributed by atoms with E-state index in [9.17, 15) is 4.79 Å². The van der Waals surface area contributed by atoms with Crippen molar-refractivity contribution in [3.05, 3.63) is 11.1 Å². The molecule has 118 valence electrons. The van der Waals surface area contributed by atoms with E-state index in [1.807, 2.05) is 12.3 Å². The van der Waals surface area contributed by atoms with Gasteiger partial charge in [-0.3, -0.25) is 9.69 Å². The third-order valence-electron chi connectivity index (χ3n) is 3.76. The van der Waals surface area contributed by atoms with Gasteiger partial charge in [-0.2, -0.15) is 0 Å². The van der Waals surface area contributed by atoms with Crippen LogP contribution in [0.3, 0.4) is 0 Å². The number of nitrogens with one attached hydrogen (secondary N) is 1. The van der Waals surface area contributed by atoms with Gasteiger partial charge >= 0.3 is 5.97 Å². The molecule has 1 unspecified atom stereocenters. The van der Waals surface area contributed by atoms with E-state index in [-0.39, 0.29) is 5.97 Å². The molecular weight excluding hydrogens is 286 g/mol. The summed E-state index contributed by atoms with van der Waals surface area (Å²) in [6, 6.07) is 0.541. The molecule has 0 aliphatic carbocycles. The number of nitrogens with zero attached hydrogens (tertiary/aromatic N) is 2. The second-order valence-corrected chi connectivity index (χ2v) is 6.28. The molecule has 6 heteroatoms. The van der Waals surface area contributed by atoms with E-state index in [1.54, 1.807) is 11.3 Å². The summed E-state index contributed by atoms with van der Waals surface area (Å²) in [5.74, 6) is -0.150. The van der Waals surface area contributed by atoms with Crippen molar-refractivity contribution >= 4 is 22.4 Å². The van der Waals surface area contributed by atoms with Gasteiger partial charge in [0.2, 0.25) is 0 Å². The lowest BCUT2D eigenvalue weighted by Crippen LogP contribution is -2.35.